The van der Waals surface area contributed by atoms with E-state index in [9.17, 15) is 13.6 Å². The molecule has 3 N–H and O–H groups in total. The number of carboxylic acid groups (broad SMARTS) is 1. The summed E-state index contributed by atoms with van der Waals surface area (Å²) in [7, 11) is 0. The van der Waals surface area contributed by atoms with Crippen LogP contribution in [0, 0.1) is 11.3 Å². The van der Waals surface area contributed by atoms with Crippen LogP contribution in [0.5, 0.6) is 5.75 Å². The molecule has 7 heteroatoms. The molecule has 1 aromatic carbocycles. The Kier molecular flexibility index (Phi) is 3.82. The Morgan fingerprint density at radius 2 is 2.24 bits per heavy atom. The number of rotatable bonds is 4. The minimum Gasteiger partial charge on any atom is -0.481 e. The number of halogens is 2. The normalized spacial score (nSPS) is 10.0. The van der Waals surface area contributed by atoms with Gasteiger partial charge in [0.15, 0.2) is 0 Å². The number of anilines is 1. The molecule has 0 saturated carbocycles. The van der Waals surface area contributed by atoms with Crippen LogP contribution in [-0.4, -0.2) is 17.7 Å². The number of aliphatic carboxylic acids is 1. The molecule has 0 aliphatic rings. The van der Waals surface area contributed by atoms with Crippen LogP contribution < -0.4 is 10.5 Å². The minimum atomic E-state index is -3.11. The molecule has 0 atom stereocenters. The summed E-state index contributed by atoms with van der Waals surface area (Å²) in [5.74, 6) is -1.63. The van der Waals surface area contributed by atoms with Crippen LogP contribution in [0.25, 0.3) is 0 Å². The average Bonchev–Trinajstić information content (AvgIpc) is 2.21. The first kappa shape index (κ1) is 12.7. The van der Waals surface area contributed by atoms with E-state index >= 15 is 0 Å². The first-order valence-electron chi connectivity index (χ1n) is 4.43. The number of nitriles is 1. The van der Waals surface area contributed by atoms with E-state index in [0.717, 1.165) is 6.07 Å². The Labute approximate surface area is 95.0 Å². The molecule has 0 bridgehead atoms. The van der Waals surface area contributed by atoms with Crippen LogP contribution in [0.15, 0.2) is 12.1 Å². The quantitative estimate of drug-likeness (QED) is 0.777. The van der Waals surface area contributed by atoms with Gasteiger partial charge in [0.05, 0.1) is 18.1 Å². The summed E-state index contributed by atoms with van der Waals surface area (Å²) in [5.41, 5.74) is 5.36. The maximum Gasteiger partial charge on any atom is 0.387 e. The van der Waals surface area contributed by atoms with Gasteiger partial charge in [-0.1, -0.05) is 0 Å². The topological polar surface area (TPSA) is 96.3 Å². The summed E-state index contributed by atoms with van der Waals surface area (Å²) in [6.45, 7) is -3.11. The van der Waals surface area contributed by atoms with E-state index in [4.69, 9.17) is 16.1 Å². The van der Waals surface area contributed by atoms with Crippen molar-refractivity contribution in [3.8, 4) is 11.8 Å². The van der Waals surface area contributed by atoms with Crippen molar-refractivity contribution in [2.24, 2.45) is 0 Å². The van der Waals surface area contributed by atoms with Crippen molar-refractivity contribution in [3.05, 3.63) is 23.3 Å². The number of benzene rings is 1. The smallest absolute Gasteiger partial charge is 0.387 e. The monoisotopic (exact) mass is 242 g/mol. The molecular formula is C10H8F2N2O3. The zero-order chi connectivity index (χ0) is 13.0. The molecule has 90 valence electrons. The molecule has 1 rings (SSSR count). The van der Waals surface area contributed by atoms with E-state index in [1.807, 2.05) is 0 Å². The van der Waals surface area contributed by atoms with Gasteiger partial charge in [-0.15, -0.1) is 0 Å². The highest BCUT2D eigenvalue weighted by Gasteiger charge is 2.16. The molecule has 0 aliphatic heterocycles. The van der Waals surface area contributed by atoms with Crippen molar-refractivity contribution in [2.75, 3.05) is 5.73 Å². The van der Waals surface area contributed by atoms with Gasteiger partial charge >= 0.3 is 12.6 Å². The lowest BCUT2D eigenvalue weighted by Crippen LogP contribution is -2.10. The van der Waals surface area contributed by atoms with Crippen molar-refractivity contribution in [1.82, 2.24) is 0 Å². The molecule has 5 nitrogen and oxygen atoms in total. The fourth-order valence-electron chi connectivity index (χ4n) is 1.27. The van der Waals surface area contributed by atoms with Gasteiger partial charge in [-0.2, -0.15) is 14.0 Å². The first-order valence-corrected chi connectivity index (χ1v) is 4.43. The number of hydrogen-bond donors (Lipinski definition) is 2. The summed E-state index contributed by atoms with van der Waals surface area (Å²) in [5, 5.41) is 17.2. The number of alkyl halides is 2. The number of carbonyl (C=O) groups is 1. The molecule has 0 amide bonds. The highest BCUT2D eigenvalue weighted by molar-refractivity contribution is 5.75. The fourth-order valence-corrected chi connectivity index (χ4v) is 1.27. The lowest BCUT2D eigenvalue weighted by atomic mass is 10.1. The molecule has 0 radical (unpaired) electrons. The zero-order valence-electron chi connectivity index (χ0n) is 8.48. The van der Waals surface area contributed by atoms with Crippen molar-refractivity contribution < 1.29 is 23.4 Å². The van der Waals surface area contributed by atoms with Gasteiger partial charge in [0.2, 0.25) is 0 Å². The second-order valence-electron chi connectivity index (χ2n) is 3.10. The third kappa shape index (κ3) is 3.31. The van der Waals surface area contributed by atoms with E-state index < -0.39 is 19.0 Å². The van der Waals surface area contributed by atoms with Crippen molar-refractivity contribution in [1.29, 1.82) is 5.26 Å². The number of nitrogen functional groups attached to an aromatic ring is 1. The second kappa shape index (κ2) is 5.12. The van der Waals surface area contributed by atoms with Crippen LogP contribution in [-0.2, 0) is 11.2 Å². The van der Waals surface area contributed by atoms with Gasteiger partial charge in [0, 0.05) is 11.3 Å². The summed E-state index contributed by atoms with van der Waals surface area (Å²) < 4.78 is 28.4. The van der Waals surface area contributed by atoms with E-state index in [1.165, 1.54) is 6.07 Å². The van der Waals surface area contributed by atoms with E-state index in [0.29, 0.717) is 0 Å². The van der Waals surface area contributed by atoms with Crippen LogP contribution in [0.4, 0.5) is 14.5 Å². The lowest BCUT2D eigenvalue weighted by molar-refractivity contribution is -0.136. The predicted octanol–water partition coefficient (Wildman–Crippen LogP) is 1.37. The van der Waals surface area contributed by atoms with E-state index in [-0.39, 0.29) is 22.6 Å². The molecule has 0 spiro atoms. The number of carboxylic acids is 1. The van der Waals surface area contributed by atoms with Gasteiger partial charge < -0.3 is 15.6 Å². The van der Waals surface area contributed by atoms with Crippen LogP contribution >= 0.6 is 0 Å². The molecule has 0 aromatic heterocycles. The van der Waals surface area contributed by atoms with Gasteiger partial charge in [-0.25, -0.2) is 0 Å². The standard InChI is InChI=1S/C10H8F2N2O3/c11-10(12)17-8-2-5(4-13)1-7(14)6(8)3-9(15)16/h1-2,10H,3,14H2,(H,15,16). The van der Waals surface area contributed by atoms with Gasteiger partial charge in [0.25, 0.3) is 0 Å². The molecule has 0 unspecified atom stereocenters. The molecule has 0 heterocycles. The van der Waals surface area contributed by atoms with Gasteiger partial charge in [-0.05, 0) is 12.1 Å². The van der Waals surface area contributed by atoms with E-state index in [2.05, 4.69) is 4.74 Å². The first-order chi connectivity index (χ1) is 7.93. The summed E-state index contributed by atoms with van der Waals surface area (Å²) in [6.07, 6.45) is -0.556. The molecule has 0 saturated heterocycles. The SMILES string of the molecule is N#Cc1cc(N)c(CC(=O)O)c(OC(F)F)c1. The molecule has 0 fully saturated rings. The van der Waals surface area contributed by atoms with Crippen LogP contribution in [0.1, 0.15) is 11.1 Å². The third-order valence-electron chi connectivity index (χ3n) is 1.92. The van der Waals surface area contributed by atoms with Crippen molar-refractivity contribution in [3.63, 3.8) is 0 Å². The number of ether oxygens (including phenoxy) is 1. The molecule has 1 aromatic rings. The van der Waals surface area contributed by atoms with Gasteiger partial charge in [-0.3, -0.25) is 4.79 Å². The molecular weight excluding hydrogens is 234 g/mol. The Morgan fingerprint density at radius 1 is 1.59 bits per heavy atom. The fraction of sp³-hybridized carbons (Fsp3) is 0.200. The summed E-state index contributed by atoms with van der Waals surface area (Å²) in [4.78, 5) is 10.5. The Balaban J connectivity index is 3.24. The minimum absolute atomic E-state index is 0.0206. The largest absolute Gasteiger partial charge is 0.481 e. The van der Waals surface area contributed by atoms with Crippen molar-refractivity contribution >= 4 is 11.7 Å². The van der Waals surface area contributed by atoms with Crippen LogP contribution in [0.2, 0.25) is 0 Å². The molecule has 0 aliphatic carbocycles. The summed E-state index contributed by atoms with van der Waals surface area (Å²) >= 11 is 0. The zero-order valence-corrected chi connectivity index (χ0v) is 8.48. The highest BCUT2D eigenvalue weighted by Crippen LogP contribution is 2.28. The van der Waals surface area contributed by atoms with E-state index in [1.54, 1.807) is 6.07 Å². The average molecular weight is 242 g/mol. The highest BCUT2D eigenvalue weighted by atomic mass is 19.3. The van der Waals surface area contributed by atoms with Crippen molar-refractivity contribution in [2.45, 2.75) is 13.0 Å². The van der Waals surface area contributed by atoms with Crippen LogP contribution in [0.3, 0.4) is 0 Å². The molecule has 17 heavy (non-hydrogen) atoms. The lowest BCUT2D eigenvalue weighted by Gasteiger charge is -2.12. The Morgan fingerprint density at radius 3 is 2.71 bits per heavy atom. The summed E-state index contributed by atoms with van der Waals surface area (Å²) in [6, 6.07) is 3.94. The number of hydrogen-bond acceptors (Lipinski definition) is 4. The maximum atomic E-state index is 12.1. The maximum absolute atomic E-state index is 12.1. The third-order valence-corrected chi connectivity index (χ3v) is 1.92. The Bertz CT molecular complexity index is 483. The second-order valence-corrected chi connectivity index (χ2v) is 3.10. The predicted molar refractivity (Wildman–Crippen MR) is 53.5 cm³/mol. The Hall–Kier alpha value is -2.36. The number of nitrogens with zero attached hydrogens (tertiary/aromatic N) is 1. The van der Waals surface area contributed by atoms with Gasteiger partial charge in [0.1, 0.15) is 5.75 Å². The number of nitrogens with two attached hydrogens (primary N) is 1.